The zero-order valence-corrected chi connectivity index (χ0v) is 11.3. The Morgan fingerprint density at radius 1 is 1.42 bits per heavy atom. The Balaban J connectivity index is 2.24. The summed E-state index contributed by atoms with van der Waals surface area (Å²) in [5, 5.41) is 11.6. The van der Waals surface area contributed by atoms with E-state index >= 15 is 0 Å². The first-order valence-corrected chi connectivity index (χ1v) is 5.98. The van der Waals surface area contributed by atoms with E-state index in [-0.39, 0.29) is 5.82 Å². The second kappa shape index (κ2) is 5.27. The Labute approximate surface area is 115 Å². The molecule has 1 heterocycles. The van der Waals surface area contributed by atoms with E-state index in [2.05, 4.69) is 4.98 Å². The van der Waals surface area contributed by atoms with Gasteiger partial charge in [-0.25, -0.2) is 0 Å². The van der Waals surface area contributed by atoms with Crippen molar-refractivity contribution in [3.63, 3.8) is 0 Å². The molecule has 0 spiro atoms. The minimum atomic E-state index is -0.478. The molecule has 100 valence electrons. The van der Waals surface area contributed by atoms with Crippen molar-refractivity contribution in [3.8, 4) is 0 Å². The highest BCUT2D eigenvalue weighted by Gasteiger charge is 2.23. The molecule has 0 saturated heterocycles. The molecule has 6 nitrogen and oxygen atoms in total. The Hall–Kier alpha value is -2.08. The number of anilines is 1. The van der Waals surface area contributed by atoms with E-state index in [4.69, 9.17) is 11.6 Å². The third-order valence-corrected chi connectivity index (χ3v) is 3.01. The zero-order chi connectivity index (χ0) is 14.0. The van der Waals surface area contributed by atoms with E-state index < -0.39 is 4.92 Å². The number of nitro groups is 1. The second-order valence-corrected chi connectivity index (χ2v) is 4.68. The molecule has 0 unspecified atom stereocenters. The maximum absolute atomic E-state index is 10.9. The molecule has 2 aromatic rings. The molecular weight excluding hydrogens is 268 g/mol. The van der Waals surface area contributed by atoms with Gasteiger partial charge in [0, 0.05) is 25.7 Å². The fourth-order valence-corrected chi connectivity index (χ4v) is 2.04. The lowest BCUT2D eigenvalue weighted by Gasteiger charge is -2.18. The van der Waals surface area contributed by atoms with Gasteiger partial charge >= 0.3 is 5.82 Å². The van der Waals surface area contributed by atoms with Gasteiger partial charge in [-0.1, -0.05) is 23.7 Å². The van der Waals surface area contributed by atoms with Gasteiger partial charge in [0.2, 0.25) is 12.1 Å². The lowest BCUT2D eigenvalue weighted by atomic mass is 10.2. The highest BCUT2D eigenvalue weighted by atomic mass is 35.5. The molecule has 0 bridgehead atoms. The van der Waals surface area contributed by atoms with Crippen molar-refractivity contribution in [2.75, 3.05) is 11.9 Å². The molecule has 0 aliphatic heterocycles. The number of benzene rings is 1. The zero-order valence-electron chi connectivity index (χ0n) is 10.6. The molecule has 0 radical (unpaired) electrons. The molecule has 19 heavy (non-hydrogen) atoms. The van der Waals surface area contributed by atoms with Crippen LogP contribution in [0.5, 0.6) is 0 Å². The van der Waals surface area contributed by atoms with Crippen molar-refractivity contribution in [2.45, 2.75) is 6.54 Å². The average molecular weight is 281 g/mol. The van der Waals surface area contributed by atoms with Crippen LogP contribution in [0.3, 0.4) is 0 Å². The molecule has 0 fully saturated rings. The number of hydrogen-bond acceptors (Lipinski definition) is 4. The average Bonchev–Trinajstić information content (AvgIpc) is 2.74. The monoisotopic (exact) mass is 280 g/mol. The first-order valence-electron chi connectivity index (χ1n) is 5.60. The largest absolute Gasteiger partial charge is 0.406 e. The number of halogens is 1. The van der Waals surface area contributed by atoms with E-state index in [0.29, 0.717) is 17.4 Å². The standard InChI is InChI=1S/C12H13ClN4O2/c1-15(7-9-3-5-10(13)6-4-9)12-11(17(18)19)14-8-16(12)2/h3-6,8H,7H2,1-2H3. The molecule has 0 N–H and O–H groups in total. The fraction of sp³-hybridized carbons (Fsp3) is 0.250. The van der Waals surface area contributed by atoms with Crippen LogP contribution >= 0.6 is 11.6 Å². The summed E-state index contributed by atoms with van der Waals surface area (Å²) >= 11 is 5.82. The lowest BCUT2D eigenvalue weighted by molar-refractivity contribution is -0.388. The molecule has 1 aromatic carbocycles. The smallest absolute Gasteiger partial charge is 0.358 e. The van der Waals surface area contributed by atoms with Crippen molar-refractivity contribution in [1.82, 2.24) is 9.55 Å². The van der Waals surface area contributed by atoms with Gasteiger partial charge in [-0.15, -0.1) is 0 Å². The van der Waals surface area contributed by atoms with Crippen molar-refractivity contribution in [2.24, 2.45) is 7.05 Å². The van der Waals surface area contributed by atoms with Crippen molar-refractivity contribution in [1.29, 1.82) is 0 Å². The van der Waals surface area contributed by atoms with Gasteiger partial charge in [0.15, 0.2) is 0 Å². The summed E-state index contributed by atoms with van der Waals surface area (Å²) in [6.45, 7) is 0.539. The summed E-state index contributed by atoms with van der Waals surface area (Å²) in [4.78, 5) is 16.0. The highest BCUT2D eigenvalue weighted by Crippen LogP contribution is 2.26. The quantitative estimate of drug-likeness (QED) is 0.638. The Morgan fingerprint density at radius 2 is 2.05 bits per heavy atom. The Morgan fingerprint density at radius 3 is 2.63 bits per heavy atom. The minimum Gasteiger partial charge on any atom is -0.358 e. The fourth-order valence-electron chi connectivity index (χ4n) is 1.92. The molecule has 0 amide bonds. The van der Waals surface area contributed by atoms with E-state index in [1.807, 2.05) is 12.1 Å². The van der Waals surface area contributed by atoms with Gasteiger partial charge in [-0.3, -0.25) is 4.57 Å². The van der Waals surface area contributed by atoms with Crippen LogP contribution in [-0.4, -0.2) is 21.5 Å². The van der Waals surface area contributed by atoms with E-state index in [0.717, 1.165) is 5.56 Å². The molecule has 1 aromatic heterocycles. The molecule has 7 heteroatoms. The topological polar surface area (TPSA) is 64.2 Å². The van der Waals surface area contributed by atoms with Crippen LogP contribution in [0.1, 0.15) is 5.56 Å². The number of nitrogens with zero attached hydrogens (tertiary/aromatic N) is 4. The number of aromatic nitrogens is 2. The van der Waals surface area contributed by atoms with Gasteiger partial charge in [-0.05, 0) is 27.6 Å². The normalized spacial score (nSPS) is 10.5. The minimum absolute atomic E-state index is 0.140. The Bertz CT molecular complexity index is 594. The van der Waals surface area contributed by atoms with E-state index in [1.165, 1.54) is 6.33 Å². The summed E-state index contributed by atoms with van der Waals surface area (Å²) in [5.41, 5.74) is 1.02. The van der Waals surface area contributed by atoms with Crippen LogP contribution in [0.4, 0.5) is 11.6 Å². The predicted octanol–water partition coefficient (Wildman–Crippen LogP) is 2.62. The van der Waals surface area contributed by atoms with Crippen LogP contribution in [-0.2, 0) is 13.6 Å². The highest BCUT2D eigenvalue weighted by molar-refractivity contribution is 6.30. The van der Waals surface area contributed by atoms with E-state index in [1.54, 1.807) is 35.7 Å². The summed E-state index contributed by atoms with van der Waals surface area (Å²) in [6.07, 6.45) is 1.44. The predicted molar refractivity (Wildman–Crippen MR) is 73.4 cm³/mol. The first-order chi connectivity index (χ1) is 8.99. The van der Waals surface area contributed by atoms with Crippen LogP contribution in [0.25, 0.3) is 0 Å². The Kier molecular flexibility index (Phi) is 3.71. The maximum atomic E-state index is 10.9. The van der Waals surface area contributed by atoms with E-state index in [9.17, 15) is 10.1 Å². The lowest BCUT2D eigenvalue weighted by Crippen LogP contribution is -2.20. The number of hydrogen-bond donors (Lipinski definition) is 0. The number of imidazole rings is 1. The number of rotatable bonds is 4. The molecule has 0 aliphatic rings. The van der Waals surface area contributed by atoms with Crippen LogP contribution in [0.2, 0.25) is 5.02 Å². The first kappa shape index (κ1) is 13.4. The van der Waals surface area contributed by atoms with Crippen molar-refractivity contribution < 1.29 is 4.92 Å². The van der Waals surface area contributed by atoms with Crippen molar-refractivity contribution >= 4 is 23.2 Å². The van der Waals surface area contributed by atoms with Gasteiger partial charge < -0.3 is 15.0 Å². The van der Waals surface area contributed by atoms with Crippen molar-refractivity contribution in [3.05, 3.63) is 51.3 Å². The SMILES string of the molecule is CN(Cc1ccc(Cl)cc1)c1c([N+](=O)[O-])ncn1C. The molecular formula is C12H13ClN4O2. The van der Waals surface area contributed by atoms with Gasteiger partial charge in [0.1, 0.15) is 0 Å². The van der Waals surface area contributed by atoms with Gasteiger partial charge in [0.05, 0.1) is 0 Å². The summed E-state index contributed by atoms with van der Waals surface area (Å²) < 4.78 is 1.63. The third-order valence-electron chi connectivity index (χ3n) is 2.75. The second-order valence-electron chi connectivity index (χ2n) is 4.24. The summed E-state index contributed by atoms with van der Waals surface area (Å²) in [5.74, 6) is 0.332. The molecule has 0 saturated carbocycles. The van der Waals surface area contributed by atoms with Crippen LogP contribution in [0.15, 0.2) is 30.6 Å². The van der Waals surface area contributed by atoms with Gasteiger partial charge in [-0.2, -0.15) is 0 Å². The summed E-state index contributed by atoms with van der Waals surface area (Å²) in [6, 6.07) is 7.37. The van der Waals surface area contributed by atoms with Crippen LogP contribution in [0, 0.1) is 10.1 Å². The van der Waals surface area contributed by atoms with Gasteiger partial charge in [0.25, 0.3) is 0 Å². The summed E-state index contributed by atoms with van der Waals surface area (Å²) in [7, 11) is 3.52. The molecule has 0 atom stereocenters. The maximum Gasteiger partial charge on any atom is 0.406 e. The molecule has 0 aliphatic carbocycles. The molecule has 2 rings (SSSR count). The number of aryl methyl sites for hydroxylation is 1. The van der Waals surface area contributed by atoms with Crippen LogP contribution < -0.4 is 4.90 Å². The third kappa shape index (κ3) is 2.85.